The molecule has 1 atom stereocenters. The summed E-state index contributed by atoms with van der Waals surface area (Å²) in [7, 11) is 0. The van der Waals surface area contributed by atoms with E-state index in [1.165, 1.54) is 50.7 Å². The zero-order valence-electron chi connectivity index (χ0n) is 10.9. The Morgan fingerprint density at radius 2 is 2.06 bits per heavy atom. The Hall–Kier alpha value is -0.640. The summed E-state index contributed by atoms with van der Waals surface area (Å²) in [6, 6.07) is 0.617. The maximum Gasteiger partial charge on any atom is 0.157 e. The molecule has 0 bridgehead atoms. The van der Waals surface area contributed by atoms with Gasteiger partial charge in [0.05, 0.1) is 18.4 Å². The van der Waals surface area contributed by atoms with Crippen LogP contribution in [0.5, 0.6) is 5.75 Å². The molecule has 0 N–H and O–H groups in total. The monoisotopic (exact) mass is 266 g/mol. The molecule has 3 rings (SSSR count). The minimum Gasteiger partial charge on any atom is -0.489 e. The maximum atomic E-state index is 5.88. The molecule has 1 aliphatic heterocycles. The minimum absolute atomic E-state index is 0.617. The van der Waals surface area contributed by atoms with Crippen molar-refractivity contribution in [2.75, 3.05) is 12.4 Å². The predicted octanol–water partition coefficient (Wildman–Crippen LogP) is 3.66. The average Bonchev–Trinajstić information content (AvgIpc) is 3.08. The first-order chi connectivity index (χ1) is 8.92. The van der Waals surface area contributed by atoms with Crippen LogP contribution in [-0.2, 0) is 0 Å². The molecular formula is C14H22N2OS. The van der Waals surface area contributed by atoms with Gasteiger partial charge in [-0.15, -0.1) is 0 Å². The van der Waals surface area contributed by atoms with E-state index in [1.807, 2.05) is 6.20 Å². The molecular weight excluding hydrogens is 244 g/mol. The highest BCUT2D eigenvalue weighted by Crippen LogP contribution is 2.30. The van der Waals surface area contributed by atoms with E-state index in [4.69, 9.17) is 4.74 Å². The van der Waals surface area contributed by atoms with Crippen LogP contribution in [0.4, 0.5) is 0 Å². The highest BCUT2D eigenvalue weighted by Gasteiger charge is 2.18. The molecule has 1 aromatic rings. The summed E-state index contributed by atoms with van der Waals surface area (Å²) in [4.78, 5) is 0. The number of ether oxygens (including phenoxy) is 1. The van der Waals surface area contributed by atoms with Gasteiger partial charge in [-0.2, -0.15) is 16.9 Å². The Bertz CT molecular complexity index is 368. The van der Waals surface area contributed by atoms with Gasteiger partial charge < -0.3 is 4.74 Å². The molecule has 2 heterocycles. The lowest BCUT2D eigenvalue weighted by molar-refractivity contribution is 0.308. The second-order valence-electron chi connectivity index (χ2n) is 5.39. The van der Waals surface area contributed by atoms with E-state index in [1.54, 1.807) is 0 Å². The molecule has 3 nitrogen and oxygen atoms in total. The molecule has 2 fully saturated rings. The predicted molar refractivity (Wildman–Crippen MR) is 75.3 cm³/mol. The van der Waals surface area contributed by atoms with Crippen LogP contribution in [0.2, 0.25) is 0 Å². The molecule has 0 aromatic carbocycles. The van der Waals surface area contributed by atoms with E-state index < -0.39 is 0 Å². The Morgan fingerprint density at radius 1 is 1.22 bits per heavy atom. The van der Waals surface area contributed by atoms with Gasteiger partial charge in [-0.25, -0.2) is 0 Å². The fourth-order valence-electron chi connectivity index (χ4n) is 2.89. The van der Waals surface area contributed by atoms with E-state index in [2.05, 4.69) is 27.7 Å². The van der Waals surface area contributed by atoms with Crippen molar-refractivity contribution in [2.45, 2.75) is 56.2 Å². The second-order valence-corrected chi connectivity index (χ2v) is 6.80. The summed E-state index contributed by atoms with van der Waals surface area (Å²) in [5, 5.41) is 5.14. The average molecular weight is 266 g/mol. The van der Waals surface area contributed by atoms with E-state index in [0.29, 0.717) is 11.3 Å². The molecule has 1 aliphatic carbocycles. The fourth-order valence-corrected chi connectivity index (χ4v) is 4.09. The Balaban J connectivity index is 1.50. The molecule has 0 radical (unpaired) electrons. The van der Waals surface area contributed by atoms with Crippen molar-refractivity contribution >= 4 is 11.8 Å². The first kappa shape index (κ1) is 12.4. The van der Waals surface area contributed by atoms with Gasteiger partial charge in [0, 0.05) is 5.25 Å². The summed E-state index contributed by atoms with van der Waals surface area (Å²) >= 11 is 2.06. The molecule has 1 unspecified atom stereocenters. The first-order valence-corrected chi connectivity index (χ1v) is 8.25. The third kappa shape index (κ3) is 3.02. The summed E-state index contributed by atoms with van der Waals surface area (Å²) in [5.74, 6) is 2.25. The van der Waals surface area contributed by atoms with E-state index in [-0.39, 0.29) is 0 Å². The van der Waals surface area contributed by atoms with Crippen LogP contribution in [0.1, 0.15) is 51.0 Å². The van der Waals surface area contributed by atoms with Crippen LogP contribution in [0, 0.1) is 0 Å². The van der Waals surface area contributed by atoms with Crippen LogP contribution in [-0.4, -0.2) is 27.4 Å². The summed E-state index contributed by atoms with van der Waals surface area (Å²) in [6.07, 6.45) is 13.3. The second kappa shape index (κ2) is 6.00. The molecule has 4 heteroatoms. The summed E-state index contributed by atoms with van der Waals surface area (Å²) in [6.45, 7) is 0.848. The Morgan fingerprint density at radius 3 is 2.83 bits per heavy atom. The van der Waals surface area contributed by atoms with Gasteiger partial charge in [0.25, 0.3) is 0 Å². The van der Waals surface area contributed by atoms with Crippen LogP contribution in [0.15, 0.2) is 12.4 Å². The van der Waals surface area contributed by atoms with Gasteiger partial charge in [0.2, 0.25) is 0 Å². The highest BCUT2D eigenvalue weighted by atomic mass is 32.2. The molecule has 0 amide bonds. The molecule has 1 aromatic heterocycles. The molecule has 1 saturated heterocycles. The van der Waals surface area contributed by atoms with Gasteiger partial charge in [0.1, 0.15) is 6.61 Å². The van der Waals surface area contributed by atoms with Gasteiger partial charge >= 0.3 is 0 Å². The molecule has 2 aliphatic rings. The highest BCUT2D eigenvalue weighted by molar-refractivity contribution is 7.99. The Kier molecular flexibility index (Phi) is 4.13. The zero-order chi connectivity index (χ0) is 12.2. The largest absolute Gasteiger partial charge is 0.489 e. The van der Waals surface area contributed by atoms with Crippen molar-refractivity contribution in [1.29, 1.82) is 0 Å². The number of thioether (sulfide) groups is 1. The SMILES string of the molecule is c1nn(C2CCCC2)cc1OCC1CCCCS1. The van der Waals surface area contributed by atoms with Crippen molar-refractivity contribution in [2.24, 2.45) is 0 Å². The summed E-state index contributed by atoms with van der Waals surface area (Å²) in [5.41, 5.74) is 0. The normalized spacial score (nSPS) is 25.4. The fraction of sp³-hybridized carbons (Fsp3) is 0.786. The van der Waals surface area contributed by atoms with Crippen LogP contribution < -0.4 is 4.74 Å². The molecule has 1 saturated carbocycles. The molecule has 18 heavy (non-hydrogen) atoms. The number of nitrogens with zero attached hydrogens (tertiary/aromatic N) is 2. The first-order valence-electron chi connectivity index (χ1n) is 7.20. The lowest BCUT2D eigenvalue weighted by Crippen LogP contribution is -2.18. The number of aromatic nitrogens is 2. The van der Waals surface area contributed by atoms with Gasteiger partial charge in [-0.3, -0.25) is 4.68 Å². The standard InChI is InChI=1S/C14H22N2OS/c1-2-6-12(5-1)16-10-13(9-15-16)17-11-14-7-3-4-8-18-14/h9-10,12,14H,1-8,11H2. The zero-order valence-corrected chi connectivity index (χ0v) is 11.7. The number of hydrogen-bond acceptors (Lipinski definition) is 3. The topological polar surface area (TPSA) is 27.1 Å². The quantitative estimate of drug-likeness (QED) is 0.832. The van der Waals surface area contributed by atoms with Crippen molar-refractivity contribution in [1.82, 2.24) is 9.78 Å². The summed E-state index contributed by atoms with van der Waals surface area (Å²) < 4.78 is 7.99. The number of hydrogen-bond donors (Lipinski definition) is 0. The van der Waals surface area contributed by atoms with Crippen LogP contribution in [0.3, 0.4) is 0 Å². The van der Waals surface area contributed by atoms with E-state index >= 15 is 0 Å². The van der Waals surface area contributed by atoms with Crippen LogP contribution >= 0.6 is 11.8 Å². The maximum absolute atomic E-state index is 5.88. The van der Waals surface area contributed by atoms with E-state index in [9.17, 15) is 0 Å². The smallest absolute Gasteiger partial charge is 0.157 e. The number of rotatable bonds is 4. The molecule has 0 spiro atoms. The van der Waals surface area contributed by atoms with Crippen LogP contribution in [0.25, 0.3) is 0 Å². The van der Waals surface area contributed by atoms with Gasteiger partial charge in [0.15, 0.2) is 5.75 Å². The Labute approximate surface area is 113 Å². The third-order valence-corrected chi connectivity index (χ3v) is 5.35. The van der Waals surface area contributed by atoms with Crippen molar-refractivity contribution in [3.05, 3.63) is 12.4 Å². The van der Waals surface area contributed by atoms with Crippen molar-refractivity contribution < 1.29 is 4.74 Å². The van der Waals surface area contributed by atoms with E-state index in [0.717, 1.165) is 12.4 Å². The molecule has 100 valence electrons. The van der Waals surface area contributed by atoms with Crippen molar-refractivity contribution in [3.63, 3.8) is 0 Å². The minimum atomic E-state index is 0.617. The third-order valence-electron chi connectivity index (χ3n) is 3.99. The lowest BCUT2D eigenvalue weighted by atomic mass is 10.2. The van der Waals surface area contributed by atoms with Gasteiger partial charge in [-0.1, -0.05) is 19.3 Å². The van der Waals surface area contributed by atoms with Crippen molar-refractivity contribution in [3.8, 4) is 5.75 Å². The lowest BCUT2D eigenvalue weighted by Gasteiger charge is -2.20. The van der Waals surface area contributed by atoms with Gasteiger partial charge in [-0.05, 0) is 31.4 Å².